The number of pyridine rings is 1. The van der Waals surface area contributed by atoms with Crippen molar-refractivity contribution < 1.29 is 4.79 Å². The minimum atomic E-state index is -0.0168. The van der Waals surface area contributed by atoms with E-state index in [1.54, 1.807) is 17.5 Å². The summed E-state index contributed by atoms with van der Waals surface area (Å²) in [5.41, 5.74) is 2.65. The summed E-state index contributed by atoms with van der Waals surface area (Å²) in [6.07, 6.45) is 3.85. The van der Waals surface area contributed by atoms with E-state index < -0.39 is 0 Å². The van der Waals surface area contributed by atoms with Crippen molar-refractivity contribution in [2.24, 2.45) is 0 Å². The van der Waals surface area contributed by atoms with Gasteiger partial charge in [0.05, 0.1) is 11.3 Å². The molecule has 1 aliphatic carbocycles. The van der Waals surface area contributed by atoms with Crippen LogP contribution in [0.3, 0.4) is 0 Å². The number of rotatable bonds is 3. The van der Waals surface area contributed by atoms with Crippen LogP contribution in [0.5, 0.6) is 0 Å². The first-order chi connectivity index (χ1) is 8.33. The normalized spacial score (nSPS) is 14.6. The summed E-state index contributed by atoms with van der Waals surface area (Å²) in [5, 5.41) is 7.01. The number of hydrogen-bond donors (Lipinski definition) is 1. The highest BCUT2D eigenvalue weighted by molar-refractivity contribution is 7.08. The zero-order valence-corrected chi connectivity index (χ0v) is 10.0. The minimum Gasteiger partial charge on any atom is -0.349 e. The fourth-order valence-electron chi connectivity index (χ4n) is 1.61. The fraction of sp³-hybridized carbons (Fsp3) is 0.231. The summed E-state index contributed by atoms with van der Waals surface area (Å²) in [6.45, 7) is 0. The molecule has 17 heavy (non-hydrogen) atoms. The summed E-state index contributed by atoms with van der Waals surface area (Å²) in [4.78, 5) is 16.1. The van der Waals surface area contributed by atoms with Crippen LogP contribution < -0.4 is 5.32 Å². The number of nitrogens with one attached hydrogen (secondary N) is 1. The first-order valence-electron chi connectivity index (χ1n) is 5.62. The van der Waals surface area contributed by atoms with Crippen LogP contribution in [-0.4, -0.2) is 16.9 Å². The van der Waals surface area contributed by atoms with E-state index in [0.29, 0.717) is 11.6 Å². The van der Waals surface area contributed by atoms with Gasteiger partial charge in [0.25, 0.3) is 5.91 Å². The van der Waals surface area contributed by atoms with Gasteiger partial charge in [-0.3, -0.25) is 9.78 Å². The summed E-state index contributed by atoms with van der Waals surface area (Å²) in [6, 6.07) is 6.14. The zero-order valence-electron chi connectivity index (χ0n) is 9.22. The Morgan fingerprint density at radius 2 is 2.24 bits per heavy atom. The maximum atomic E-state index is 11.7. The van der Waals surface area contributed by atoms with Gasteiger partial charge in [0, 0.05) is 23.2 Å². The van der Waals surface area contributed by atoms with Gasteiger partial charge in [-0.05, 0) is 36.4 Å². The second-order valence-corrected chi connectivity index (χ2v) is 4.97. The number of aromatic nitrogens is 1. The molecule has 1 amide bonds. The molecule has 2 aromatic heterocycles. The van der Waals surface area contributed by atoms with Crippen molar-refractivity contribution in [3.8, 4) is 11.3 Å². The largest absolute Gasteiger partial charge is 0.349 e. The summed E-state index contributed by atoms with van der Waals surface area (Å²) >= 11 is 1.64. The number of hydrogen-bond acceptors (Lipinski definition) is 3. The third kappa shape index (κ3) is 2.36. The Labute approximate surface area is 104 Å². The molecule has 3 rings (SSSR count). The maximum absolute atomic E-state index is 11.7. The van der Waals surface area contributed by atoms with Crippen LogP contribution in [0.2, 0.25) is 0 Å². The van der Waals surface area contributed by atoms with Gasteiger partial charge >= 0.3 is 0 Å². The van der Waals surface area contributed by atoms with E-state index in [-0.39, 0.29) is 5.91 Å². The first kappa shape index (κ1) is 10.5. The summed E-state index contributed by atoms with van der Waals surface area (Å²) in [5.74, 6) is -0.0168. The van der Waals surface area contributed by atoms with Gasteiger partial charge in [-0.1, -0.05) is 0 Å². The molecule has 86 valence electrons. The van der Waals surface area contributed by atoms with E-state index in [4.69, 9.17) is 0 Å². The van der Waals surface area contributed by atoms with E-state index in [9.17, 15) is 4.79 Å². The molecule has 1 saturated carbocycles. The monoisotopic (exact) mass is 244 g/mol. The highest BCUT2D eigenvalue weighted by Gasteiger charge is 2.23. The molecule has 0 radical (unpaired) electrons. The number of carbonyl (C=O) groups is 1. The number of thiophene rings is 1. The van der Waals surface area contributed by atoms with Crippen LogP contribution in [0.25, 0.3) is 11.3 Å². The van der Waals surface area contributed by atoms with Gasteiger partial charge < -0.3 is 5.32 Å². The molecular weight excluding hydrogens is 232 g/mol. The third-order valence-electron chi connectivity index (χ3n) is 2.76. The smallest absolute Gasteiger partial charge is 0.253 e. The molecule has 1 N–H and O–H groups in total. The Kier molecular flexibility index (Phi) is 2.65. The molecule has 3 nitrogen and oxygen atoms in total. The Bertz CT molecular complexity index is 515. The van der Waals surface area contributed by atoms with E-state index in [2.05, 4.69) is 10.3 Å². The van der Waals surface area contributed by atoms with Crippen molar-refractivity contribution in [1.29, 1.82) is 0 Å². The van der Waals surface area contributed by atoms with E-state index >= 15 is 0 Å². The van der Waals surface area contributed by atoms with Gasteiger partial charge in [-0.2, -0.15) is 11.3 Å². The first-order valence-corrected chi connectivity index (χ1v) is 6.57. The van der Waals surface area contributed by atoms with Crippen molar-refractivity contribution in [1.82, 2.24) is 10.3 Å². The standard InChI is InChI=1S/C13H12N2OS/c16-13(15-11-2-3-11)9-1-4-12(14-7-9)10-5-6-17-8-10/h1,4-8,11H,2-3H2,(H,15,16). The highest BCUT2D eigenvalue weighted by Crippen LogP contribution is 2.21. The Morgan fingerprint density at radius 1 is 1.35 bits per heavy atom. The van der Waals surface area contributed by atoms with Crippen molar-refractivity contribution in [3.05, 3.63) is 40.7 Å². The summed E-state index contributed by atoms with van der Waals surface area (Å²) < 4.78 is 0. The molecule has 2 heterocycles. The SMILES string of the molecule is O=C(NC1CC1)c1ccc(-c2ccsc2)nc1. The molecule has 0 aromatic carbocycles. The van der Waals surface area contributed by atoms with Crippen LogP contribution >= 0.6 is 11.3 Å². The van der Waals surface area contributed by atoms with Gasteiger partial charge in [0.2, 0.25) is 0 Å². The lowest BCUT2D eigenvalue weighted by Gasteiger charge is -2.03. The lowest BCUT2D eigenvalue weighted by atomic mass is 10.2. The van der Waals surface area contributed by atoms with E-state index in [1.165, 1.54) is 0 Å². The van der Waals surface area contributed by atoms with Gasteiger partial charge in [0.15, 0.2) is 0 Å². The highest BCUT2D eigenvalue weighted by atomic mass is 32.1. The molecule has 2 aromatic rings. The third-order valence-corrected chi connectivity index (χ3v) is 3.44. The fourth-order valence-corrected chi connectivity index (χ4v) is 2.26. The molecule has 0 atom stereocenters. The topological polar surface area (TPSA) is 42.0 Å². The average Bonchev–Trinajstić information content (AvgIpc) is 3.00. The average molecular weight is 244 g/mol. The maximum Gasteiger partial charge on any atom is 0.253 e. The number of nitrogens with zero attached hydrogens (tertiary/aromatic N) is 1. The Morgan fingerprint density at radius 3 is 2.82 bits per heavy atom. The molecule has 0 unspecified atom stereocenters. The van der Waals surface area contributed by atoms with Gasteiger partial charge in [-0.25, -0.2) is 0 Å². The number of carbonyl (C=O) groups excluding carboxylic acids is 1. The molecule has 0 spiro atoms. The van der Waals surface area contributed by atoms with Crippen molar-refractivity contribution in [2.45, 2.75) is 18.9 Å². The van der Waals surface area contributed by atoms with Crippen molar-refractivity contribution >= 4 is 17.2 Å². The predicted molar refractivity (Wildman–Crippen MR) is 68.0 cm³/mol. The molecule has 4 heteroatoms. The Balaban J connectivity index is 1.77. The molecule has 1 aliphatic rings. The van der Waals surface area contributed by atoms with E-state index in [1.807, 2.05) is 29.0 Å². The second-order valence-electron chi connectivity index (χ2n) is 4.19. The van der Waals surface area contributed by atoms with Gasteiger partial charge in [-0.15, -0.1) is 0 Å². The summed E-state index contributed by atoms with van der Waals surface area (Å²) in [7, 11) is 0. The molecule has 0 bridgehead atoms. The predicted octanol–water partition coefficient (Wildman–Crippen LogP) is 2.70. The molecule has 1 fully saturated rings. The lowest BCUT2D eigenvalue weighted by Crippen LogP contribution is -2.25. The van der Waals surface area contributed by atoms with Crippen LogP contribution in [0.1, 0.15) is 23.2 Å². The van der Waals surface area contributed by atoms with Crippen LogP contribution in [0, 0.1) is 0 Å². The lowest BCUT2D eigenvalue weighted by molar-refractivity contribution is 0.0951. The minimum absolute atomic E-state index is 0.0168. The van der Waals surface area contributed by atoms with Crippen LogP contribution in [0.4, 0.5) is 0 Å². The molecular formula is C13H12N2OS. The van der Waals surface area contributed by atoms with E-state index in [0.717, 1.165) is 24.1 Å². The number of amides is 1. The molecule has 0 saturated heterocycles. The zero-order chi connectivity index (χ0) is 11.7. The quantitative estimate of drug-likeness (QED) is 0.902. The molecule has 0 aliphatic heterocycles. The second kappa shape index (κ2) is 4.30. The van der Waals surface area contributed by atoms with Crippen LogP contribution in [-0.2, 0) is 0 Å². The van der Waals surface area contributed by atoms with Crippen LogP contribution in [0.15, 0.2) is 35.2 Å². The van der Waals surface area contributed by atoms with Gasteiger partial charge in [0.1, 0.15) is 0 Å². The van der Waals surface area contributed by atoms with Crippen molar-refractivity contribution in [2.75, 3.05) is 0 Å². The Hall–Kier alpha value is -1.68. The van der Waals surface area contributed by atoms with Crippen molar-refractivity contribution in [3.63, 3.8) is 0 Å².